The van der Waals surface area contributed by atoms with Crippen molar-refractivity contribution >= 4 is 10.9 Å². The second-order valence-corrected chi connectivity index (χ2v) is 4.14. The summed E-state index contributed by atoms with van der Waals surface area (Å²) >= 11 is 0. The fraction of sp³-hybridized carbons (Fsp3) is 0.385. The average Bonchev–Trinajstić information content (AvgIpc) is 2.38. The number of nitrogens with one attached hydrogen (secondary N) is 2. The molecule has 0 amide bonds. The number of hydrogen-bond acceptors (Lipinski definition) is 3. The van der Waals surface area contributed by atoms with Crippen LogP contribution in [0.4, 0.5) is 0 Å². The van der Waals surface area contributed by atoms with Gasteiger partial charge in [0, 0.05) is 6.54 Å². The van der Waals surface area contributed by atoms with E-state index >= 15 is 0 Å². The van der Waals surface area contributed by atoms with Crippen LogP contribution in [0.5, 0.6) is 0 Å². The van der Waals surface area contributed by atoms with Crippen LogP contribution in [0.3, 0.4) is 0 Å². The molecule has 5 heteroatoms. The lowest BCUT2D eigenvalue weighted by Crippen LogP contribution is -2.35. The molecule has 2 N–H and O–H groups in total. The molecular formula is C13H17N3O2. The van der Waals surface area contributed by atoms with Crippen molar-refractivity contribution in [2.24, 2.45) is 0 Å². The maximum Gasteiger partial charge on any atom is 0.328 e. The summed E-state index contributed by atoms with van der Waals surface area (Å²) in [5.41, 5.74) is 0.0384. The maximum atomic E-state index is 12.1. The van der Waals surface area contributed by atoms with Crippen molar-refractivity contribution in [1.29, 1.82) is 0 Å². The Labute approximate surface area is 104 Å². The number of fused-ring (bicyclic) bond motifs is 1. The average molecular weight is 247 g/mol. The number of para-hydroxylation sites is 1. The molecule has 0 saturated heterocycles. The lowest BCUT2D eigenvalue weighted by molar-refractivity contribution is 0.564. The Kier molecular flexibility index (Phi) is 3.94. The molecule has 0 saturated carbocycles. The van der Waals surface area contributed by atoms with Crippen molar-refractivity contribution in [2.75, 3.05) is 13.1 Å². The van der Waals surface area contributed by atoms with Crippen LogP contribution in [0.1, 0.15) is 13.3 Å². The van der Waals surface area contributed by atoms with E-state index in [0.717, 1.165) is 19.5 Å². The molecule has 18 heavy (non-hydrogen) atoms. The number of aromatic amines is 1. The summed E-state index contributed by atoms with van der Waals surface area (Å²) < 4.78 is 1.26. The Morgan fingerprint density at radius 1 is 1.28 bits per heavy atom. The van der Waals surface area contributed by atoms with Gasteiger partial charge in [0.15, 0.2) is 0 Å². The van der Waals surface area contributed by atoms with Gasteiger partial charge in [-0.25, -0.2) is 4.79 Å². The molecule has 1 aromatic heterocycles. The highest BCUT2D eigenvalue weighted by molar-refractivity contribution is 5.76. The van der Waals surface area contributed by atoms with Gasteiger partial charge in [0.2, 0.25) is 0 Å². The highest BCUT2D eigenvalue weighted by Crippen LogP contribution is 2.02. The van der Waals surface area contributed by atoms with E-state index in [1.807, 2.05) is 6.92 Å². The van der Waals surface area contributed by atoms with Crippen LogP contribution >= 0.6 is 0 Å². The molecule has 96 valence electrons. The van der Waals surface area contributed by atoms with Gasteiger partial charge in [-0.2, -0.15) is 0 Å². The Hall–Kier alpha value is -1.88. The largest absolute Gasteiger partial charge is 0.328 e. The molecule has 2 rings (SSSR count). The van der Waals surface area contributed by atoms with E-state index in [1.54, 1.807) is 24.3 Å². The third kappa shape index (κ3) is 2.51. The first kappa shape index (κ1) is 12.6. The summed E-state index contributed by atoms with van der Waals surface area (Å²) in [5.74, 6) is 0. The molecule has 1 heterocycles. The van der Waals surface area contributed by atoms with Gasteiger partial charge < -0.3 is 10.3 Å². The summed E-state index contributed by atoms with van der Waals surface area (Å²) in [4.78, 5) is 26.7. The van der Waals surface area contributed by atoms with E-state index in [4.69, 9.17) is 0 Å². The van der Waals surface area contributed by atoms with Gasteiger partial charge in [-0.1, -0.05) is 19.1 Å². The summed E-state index contributed by atoms with van der Waals surface area (Å²) in [6, 6.07) is 7.06. The van der Waals surface area contributed by atoms with E-state index in [0.29, 0.717) is 17.4 Å². The number of benzene rings is 1. The highest BCUT2D eigenvalue weighted by atomic mass is 16.2. The van der Waals surface area contributed by atoms with Crippen LogP contribution in [0, 0.1) is 0 Å². The Morgan fingerprint density at radius 2 is 2.06 bits per heavy atom. The van der Waals surface area contributed by atoms with Gasteiger partial charge in [0.25, 0.3) is 5.56 Å². The van der Waals surface area contributed by atoms with E-state index in [9.17, 15) is 9.59 Å². The molecule has 0 spiro atoms. The first-order valence-corrected chi connectivity index (χ1v) is 6.16. The zero-order chi connectivity index (χ0) is 13.0. The van der Waals surface area contributed by atoms with Crippen molar-refractivity contribution in [2.45, 2.75) is 19.9 Å². The third-order valence-electron chi connectivity index (χ3n) is 2.87. The maximum absolute atomic E-state index is 12.1. The monoisotopic (exact) mass is 247 g/mol. The minimum absolute atomic E-state index is 0.217. The zero-order valence-electron chi connectivity index (χ0n) is 10.4. The molecule has 1 aromatic carbocycles. The number of aromatic nitrogens is 2. The third-order valence-corrected chi connectivity index (χ3v) is 2.87. The van der Waals surface area contributed by atoms with Crippen molar-refractivity contribution in [3.63, 3.8) is 0 Å². The van der Waals surface area contributed by atoms with Crippen molar-refractivity contribution < 1.29 is 0 Å². The van der Waals surface area contributed by atoms with E-state index in [2.05, 4.69) is 10.3 Å². The summed E-state index contributed by atoms with van der Waals surface area (Å²) in [6.45, 7) is 4.15. The number of hydrogen-bond donors (Lipinski definition) is 2. The van der Waals surface area contributed by atoms with Crippen LogP contribution in [0.15, 0.2) is 33.9 Å². The van der Waals surface area contributed by atoms with Gasteiger partial charge >= 0.3 is 5.69 Å². The van der Waals surface area contributed by atoms with Gasteiger partial charge in [0.05, 0.1) is 10.9 Å². The molecule has 5 nitrogen and oxygen atoms in total. The van der Waals surface area contributed by atoms with Crippen LogP contribution in [0.2, 0.25) is 0 Å². The van der Waals surface area contributed by atoms with E-state index in [1.165, 1.54) is 4.57 Å². The number of nitrogens with zero attached hydrogens (tertiary/aromatic N) is 1. The topological polar surface area (TPSA) is 66.9 Å². The second-order valence-electron chi connectivity index (χ2n) is 4.14. The predicted molar refractivity (Wildman–Crippen MR) is 72.0 cm³/mol. The minimum atomic E-state index is -0.338. The van der Waals surface area contributed by atoms with Gasteiger partial charge in [-0.15, -0.1) is 0 Å². The van der Waals surface area contributed by atoms with Crippen molar-refractivity contribution in [3.8, 4) is 0 Å². The standard InChI is InChI=1S/C13H17N3O2/c1-2-14-8-5-9-16-12(17)10-6-3-4-7-11(10)15-13(16)18/h3-4,6-7,14H,2,5,8-9H2,1H3,(H,15,18). The molecule has 0 aliphatic heterocycles. The lowest BCUT2D eigenvalue weighted by atomic mass is 10.2. The summed E-state index contributed by atoms with van der Waals surface area (Å²) in [7, 11) is 0. The first-order chi connectivity index (χ1) is 8.74. The van der Waals surface area contributed by atoms with Crippen LogP contribution in [-0.2, 0) is 6.54 Å². The van der Waals surface area contributed by atoms with Crippen LogP contribution < -0.4 is 16.6 Å². The Morgan fingerprint density at radius 3 is 2.83 bits per heavy atom. The zero-order valence-corrected chi connectivity index (χ0v) is 10.4. The number of rotatable bonds is 5. The smallest absolute Gasteiger partial charge is 0.317 e. The quantitative estimate of drug-likeness (QED) is 0.764. The minimum Gasteiger partial charge on any atom is -0.317 e. The van der Waals surface area contributed by atoms with Crippen LogP contribution in [0.25, 0.3) is 10.9 Å². The van der Waals surface area contributed by atoms with Crippen molar-refractivity contribution in [3.05, 3.63) is 45.1 Å². The molecule has 0 aliphatic rings. The molecule has 2 aromatic rings. The Bertz CT molecular complexity index is 642. The predicted octanol–water partition coefficient (Wildman–Crippen LogP) is 0.689. The van der Waals surface area contributed by atoms with Gasteiger partial charge in [0.1, 0.15) is 0 Å². The summed E-state index contributed by atoms with van der Waals surface area (Å²) in [6.07, 6.45) is 0.759. The normalized spacial score (nSPS) is 10.9. The van der Waals surface area contributed by atoms with E-state index in [-0.39, 0.29) is 11.2 Å². The van der Waals surface area contributed by atoms with Gasteiger partial charge in [-0.3, -0.25) is 9.36 Å². The number of H-pyrrole nitrogens is 1. The molecule has 0 fully saturated rings. The summed E-state index contributed by atoms with van der Waals surface area (Å²) in [5, 5.41) is 3.72. The Balaban J connectivity index is 2.33. The molecule has 0 atom stereocenters. The fourth-order valence-corrected chi connectivity index (χ4v) is 1.94. The molecule has 0 radical (unpaired) electrons. The van der Waals surface area contributed by atoms with Crippen LogP contribution in [-0.4, -0.2) is 22.6 Å². The second kappa shape index (κ2) is 5.64. The first-order valence-electron chi connectivity index (χ1n) is 6.16. The molecule has 0 unspecified atom stereocenters. The molecule has 0 aliphatic carbocycles. The molecule has 0 bridgehead atoms. The molecular weight excluding hydrogens is 230 g/mol. The SMILES string of the molecule is CCNCCCn1c(=O)[nH]c2ccccc2c1=O. The fourth-order valence-electron chi connectivity index (χ4n) is 1.94. The van der Waals surface area contributed by atoms with Gasteiger partial charge in [-0.05, 0) is 31.6 Å². The highest BCUT2D eigenvalue weighted by Gasteiger charge is 2.06. The lowest BCUT2D eigenvalue weighted by Gasteiger charge is -2.06. The van der Waals surface area contributed by atoms with Crippen molar-refractivity contribution in [1.82, 2.24) is 14.9 Å². The van der Waals surface area contributed by atoms with E-state index < -0.39 is 0 Å².